The summed E-state index contributed by atoms with van der Waals surface area (Å²) in [5.74, 6) is -1.27. The molecule has 0 saturated carbocycles. The predicted octanol–water partition coefficient (Wildman–Crippen LogP) is 5.59. The largest absolute Gasteiger partial charge is 0.490 e. The van der Waals surface area contributed by atoms with Crippen molar-refractivity contribution >= 4 is 40.6 Å². The number of carbonyl (C=O) groups is 3. The van der Waals surface area contributed by atoms with Gasteiger partial charge in [-0.25, -0.2) is 9.18 Å². The standard InChI is InChI=1S/C26H19FN2O7S/c1-2-35-22-13-17(5-12-21(22)36-25(31)18-6-10-20(11-7-18)29(33)34)14-23-24(30)28(26(32)37-23)15-16-3-8-19(27)9-4-16/h3-14H,2,15H2,1H3/b23-14-. The molecule has 0 radical (unpaired) electrons. The van der Waals surface area contributed by atoms with Crippen molar-refractivity contribution in [2.24, 2.45) is 0 Å². The molecule has 3 aromatic carbocycles. The highest BCUT2D eigenvalue weighted by Crippen LogP contribution is 2.35. The van der Waals surface area contributed by atoms with Crippen LogP contribution in [0.1, 0.15) is 28.4 Å². The minimum Gasteiger partial charge on any atom is -0.490 e. The van der Waals surface area contributed by atoms with Crippen molar-refractivity contribution in [3.8, 4) is 11.5 Å². The van der Waals surface area contributed by atoms with Gasteiger partial charge in [0.2, 0.25) is 0 Å². The minimum absolute atomic E-state index is 0.0179. The first-order valence-corrected chi connectivity index (χ1v) is 11.8. The molecule has 0 unspecified atom stereocenters. The predicted molar refractivity (Wildman–Crippen MR) is 134 cm³/mol. The highest BCUT2D eigenvalue weighted by molar-refractivity contribution is 8.18. The number of benzene rings is 3. The van der Waals surface area contributed by atoms with E-state index in [2.05, 4.69) is 0 Å². The van der Waals surface area contributed by atoms with E-state index in [1.54, 1.807) is 19.1 Å². The van der Waals surface area contributed by atoms with Gasteiger partial charge in [0.1, 0.15) is 5.82 Å². The van der Waals surface area contributed by atoms with Gasteiger partial charge in [-0.1, -0.05) is 18.2 Å². The molecule has 1 heterocycles. The van der Waals surface area contributed by atoms with Gasteiger partial charge in [-0.2, -0.15) is 0 Å². The van der Waals surface area contributed by atoms with Crippen LogP contribution in [0.5, 0.6) is 11.5 Å². The molecule has 3 aromatic rings. The molecule has 11 heteroatoms. The average Bonchev–Trinajstić information content (AvgIpc) is 3.14. The lowest BCUT2D eigenvalue weighted by Crippen LogP contribution is -2.27. The molecule has 9 nitrogen and oxygen atoms in total. The summed E-state index contributed by atoms with van der Waals surface area (Å²) in [5.41, 5.74) is 1.11. The maximum Gasteiger partial charge on any atom is 0.343 e. The van der Waals surface area contributed by atoms with Gasteiger partial charge in [0.25, 0.3) is 16.8 Å². The zero-order valence-corrected chi connectivity index (χ0v) is 20.2. The average molecular weight is 523 g/mol. The molecular weight excluding hydrogens is 503 g/mol. The summed E-state index contributed by atoms with van der Waals surface area (Å²) in [6, 6.07) is 15.2. The van der Waals surface area contributed by atoms with Crippen LogP contribution in [0.25, 0.3) is 6.08 Å². The van der Waals surface area contributed by atoms with Crippen molar-refractivity contribution in [3.05, 3.63) is 104 Å². The maximum absolute atomic E-state index is 13.2. The Kier molecular flexibility index (Phi) is 7.63. The molecule has 1 saturated heterocycles. The molecule has 37 heavy (non-hydrogen) atoms. The van der Waals surface area contributed by atoms with E-state index >= 15 is 0 Å². The fraction of sp³-hybridized carbons (Fsp3) is 0.115. The van der Waals surface area contributed by atoms with E-state index in [9.17, 15) is 28.9 Å². The van der Waals surface area contributed by atoms with Crippen LogP contribution in [0.2, 0.25) is 0 Å². The van der Waals surface area contributed by atoms with Gasteiger partial charge in [-0.3, -0.25) is 24.6 Å². The summed E-state index contributed by atoms with van der Waals surface area (Å²) in [4.78, 5) is 49.3. The lowest BCUT2D eigenvalue weighted by atomic mass is 10.1. The van der Waals surface area contributed by atoms with Crippen LogP contribution in [0.3, 0.4) is 0 Å². The Hall–Kier alpha value is -4.51. The first kappa shape index (κ1) is 25.6. The molecular formula is C26H19FN2O7S. The van der Waals surface area contributed by atoms with Gasteiger partial charge < -0.3 is 9.47 Å². The third kappa shape index (κ3) is 6.01. The summed E-state index contributed by atoms with van der Waals surface area (Å²) in [7, 11) is 0. The Balaban J connectivity index is 1.51. The van der Waals surface area contributed by atoms with Crippen LogP contribution in [0.4, 0.5) is 14.9 Å². The van der Waals surface area contributed by atoms with Crippen LogP contribution < -0.4 is 9.47 Å². The van der Waals surface area contributed by atoms with Gasteiger partial charge in [0.15, 0.2) is 11.5 Å². The first-order chi connectivity index (χ1) is 17.7. The molecule has 0 aliphatic carbocycles. The first-order valence-electron chi connectivity index (χ1n) is 11.0. The Labute approximate surface area is 214 Å². The Morgan fingerprint density at radius 2 is 1.76 bits per heavy atom. The van der Waals surface area contributed by atoms with E-state index in [1.807, 2.05) is 0 Å². The van der Waals surface area contributed by atoms with E-state index in [4.69, 9.17) is 9.47 Å². The molecule has 0 spiro atoms. The second-order valence-corrected chi connectivity index (χ2v) is 8.72. The summed E-state index contributed by atoms with van der Waals surface area (Å²) in [6.07, 6.45) is 1.53. The number of rotatable bonds is 8. The molecule has 4 rings (SSSR count). The van der Waals surface area contributed by atoms with Crippen molar-refractivity contribution < 1.29 is 33.2 Å². The van der Waals surface area contributed by atoms with Crippen molar-refractivity contribution in [1.29, 1.82) is 0 Å². The number of esters is 1. The number of imide groups is 1. The minimum atomic E-state index is -0.731. The Morgan fingerprint density at radius 1 is 1.05 bits per heavy atom. The number of hydrogen-bond donors (Lipinski definition) is 0. The zero-order chi connectivity index (χ0) is 26.5. The monoisotopic (exact) mass is 522 g/mol. The number of halogens is 1. The van der Waals surface area contributed by atoms with Crippen LogP contribution >= 0.6 is 11.8 Å². The normalized spacial score (nSPS) is 14.2. The summed E-state index contributed by atoms with van der Waals surface area (Å²) in [5, 5.41) is 10.4. The highest BCUT2D eigenvalue weighted by atomic mass is 32.2. The van der Waals surface area contributed by atoms with Gasteiger partial charge in [-0.05, 0) is 72.3 Å². The smallest absolute Gasteiger partial charge is 0.343 e. The number of nitro benzene ring substituents is 1. The Morgan fingerprint density at radius 3 is 2.41 bits per heavy atom. The third-order valence-electron chi connectivity index (χ3n) is 5.21. The second kappa shape index (κ2) is 11.0. The maximum atomic E-state index is 13.2. The van der Waals surface area contributed by atoms with Crippen LogP contribution in [-0.4, -0.2) is 33.5 Å². The number of carbonyl (C=O) groups excluding carboxylic acids is 3. The molecule has 2 amide bonds. The molecule has 1 aliphatic rings. The molecule has 0 aromatic heterocycles. The number of non-ortho nitro benzene ring substituents is 1. The number of nitrogens with zero attached hydrogens (tertiary/aromatic N) is 2. The van der Waals surface area contributed by atoms with Crippen molar-refractivity contribution in [3.63, 3.8) is 0 Å². The fourth-order valence-corrected chi connectivity index (χ4v) is 4.24. The summed E-state index contributed by atoms with van der Waals surface area (Å²) < 4.78 is 24.2. The van der Waals surface area contributed by atoms with Gasteiger partial charge in [0.05, 0.1) is 28.5 Å². The Bertz CT molecular complexity index is 1410. The lowest BCUT2D eigenvalue weighted by molar-refractivity contribution is -0.384. The number of thioether (sulfide) groups is 1. The van der Waals surface area contributed by atoms with E-state index in [0.717, 1.165) is 16.7 Å². The molecule has 188 valence electrons. The van der Waals surface area contributed by atoms with Crippen molar-refractivity contribution in [1.82, 2.24) is 4.90 Å². The number of ether oxygens (including phenoxy) is 2. The molecule has 0 N–H and O–H groups in total. The topological polar surface area (TPSA) is 116 Å². The van der Waals surface area contributed by atoms with Crippen molar-refractivity contribution in [2.45, 2.75) is 13.5 Å². The molecule has 1 aliphatic heterocycles. The van der Waals surface area contributed by atoms with Crippen molar-refractivity contribution in [2.75, 3.05) is 6.61 Å². The van der Waals surface area contributed by atoms with Crippen LogP contribution in [0.15, 0.2) is 71.6 Å². The number of amides is 2. The second-order valence-electron chi connectivity index (χ2n) is 7.73. The SMILES string of the molecule is CCOc1cc(/C=C2\SC(=O)N(Cc3ccc(F)cc3)C2=O)ccc1OC(=O)c1ccc([N+](=O)[O-])cc1. The van der Waals surface area contributed by atoms with Crippen LogP contribution in [0, 0.1) is 15.9 Å². The van der Waals surface area contributed by atoms with Crippen LogP contribution in [-0.2, 0) is 11.3 Å². The molecule has 0 atom stereocenters. The molecule has 1 fully saturated rings. The summed E-state index contributed by atoms with van der Waals surface area (Å²) >= 11 is 0.784. The van der Waals surface area contributed by atoms with E-state index in [0.29, 0.717) is 11.1 Å². The number of hydrogen-bond acceptors (Lipinski definition) is 8. The van der Waals surface area contributed by atoms with E-state index in [1.165, 1.54) is 60.7 Å². The van der Waals surface area contributed by atoms with E-state index in [-0.39, 0.29) is 40.8 Å². The van der Waals surface area contributed by atoms with Gasteiger partial charge in [-0.15, -0.1) is 0 Å². The summed E-state index contributed by atoms with van der Waals surface area (Å²) in [6.45, 7) is 2.03. The lowest BCUT2D eigenvalue weighted by Gasteiger charge is -2.12. The highest BCUT2D eigenvalue weighted by Gasteiger charge is 2.35. The van der Waals surface area contributed by atoms with Gasteiger partial charge >= 0.3 is 5.97 Å². The third-order valence-corrected chi connectivity index (χ3v) is 6.12. The quantitative estimate of drug-likeness (QED) is 0.124. The van der Waals surface area contributed by atoms with E-state index < -0.39 is 27.9 Å². The molecule has 0 bridgehead atoms. The van der Waals surface area contributed by atoms with Gasteiger partial charge in [0, 0.05) is 12.1 Å². The fourth-order valence-electron chi connectivity index (χ4n) is 3.41. The zero-order valence-electron chi connectivity index (χ0n) is 19.4. The number of nitro groups is 1.